The minimum atomic E-state index is -0.654. The van der Waals surface area contributed by atoms with Gasteiger partial charge in [-0.1, -0.05) is 37.1 Å². The average Bonchev–Trinajstić information content (AvgIpc) is 3.44. The molecule has 0 unspecified atom stereocenters. The van der Waals surface area contributed by atoms with Gasteiger partial charge in [-0.15, -0.1) is 0 Å². The maximum absolute atomic E-state index is 13.4. The molecule has 5 rings (SSSR count). The predicted octanol–water partition coefficient (Wildman–Crippen LogP) is 2.51. The van der Waals surface area contributed by atoms with E-state index in [-0.39, 0.29) is 23.7 Å². The van der Waals surface area contributed by atoms with Gasteiger partial charge in [-0.3, -0.25) is 9.59 Å². The van der Waals surface area contributed by atoms with Crippen LogP contribution < -0.4 is 5.32 Å². The second-order valence-electron chi connectivity index (χ2n) is 8.54. The maximum Gasteiger partial charge on any atom is 0.230 e. The Bertz CT molecular complexity index is 846. The Balaban J connectivity index is 1.44. The fourth-order valence-corrected chi connectivity index (χ4v) is 5.70. The Labute approximate surface area is 163 Å². The van der Waals surface area contributed by atoms with Gasteiger partial charge in [0.15, 0.2) is 0 Å². The number of rotatable bonds is 4. The van der Waals surface area contributed by atoms with E-state index in [9.17, 15) is 14.0 Å². The molecule has 0 radical (unpaired) electrons. The van der Waals surface area contributed by atoms with Gasteiger partial charge in [0.05, 0.1) is 30.0 Å². The molecule has 1 spiro atoms. The van der Waals surface area contributed by atoms with Gasteiger partial charge in [0, 0.05) is 6.54 Å². The molecule has 1 saturated carbocycles. The van der Waals surface area contributed by atoms with Gasteiger partial charge in [0.25, 0.3) is 0 Å². The second kappa shape index (κ2) is 6.14. The van der Waals surface area contributed by atoms with E-state index in [0.29, 0.717) is 13.1 Å². The van der Waals surface area contributed by atoms with Crippen molar-refractivity contribution < 1.29 is 18.7 Å². The van der Waals surface area contributed by atoms with E-state index in [2.05, 4.69) is 5.32 Å². The number of nitrogens with one attached hydrogen (secondary N) is 1. The topological polar surface area (TPSA) is 58.6 Å². The Morgan fingerprint density at radius 1 is 1.29 bits per heavy atom. The van der Waals surface area contributed by atoms with Gasteiger partial charge in [-0.25, -0.2) is 4.39 Å². The molecule has 1 aromatic rings. The molecule has 2 bridgehead atoms. The van der Waals surface area contributed by atoms with Crippen molar-refractivity contribution in [1.82, 2.24) is 10.2 Å². The number of halogens is 1. The van der Waals surface area contributed by atoms with Crippen LogP contribution in [0.1, 0.15) is 38.2 Å². The lowest BCUT2D eigenvalue weighted by molar-refractivity contribution is -0.138. The third-order valence-electron chi connectivity index (χ3n) is 7.08. The molecule has 6 heteroatoms. The summed E-state index contributed by atoms with van der Waals surface area (Å²) in [4.78, 5) is 28.2. The highest BCUT2D eigenvalue weighted by molar-refractivity contribution is 5.93. The van der Waals surface area contributed by atoms with Gasteiger partial charge in [0.2, 0.25) is 11.8 Å². The summed E-state index contributed by atoms with van der Waals surface area (Å²) >= 11 is 0. The van der Waals surface area contributed by atoms with Crippen LogP contribution in [0.5, 0.6) is 0 Å². The van der Waals surface area contributed by atoms with Crippen LogP contribution in [0.25, 0.3) is 0 Å². The molecule has 4 aliphatic rings. The number of likely N-dealkylation sites (tertiary alicyclic amines) is 1. The molecule has 3 aliphatic heterocycles. The van der Waals surface area contributed by atoms with Crippen molar-refractivity contribution in [3.8, 4) is 0 Å². The molecule has 5 nitrogen and oxygen atoms in total. The van der Waals surface area contributed by atoms with Gasteiger partial charge in [0.1, 0.15) is 11.4 Å². The second-order valence-corrected chi connectivity index (χ2v) is 8.54. The van der Waals surface area contributed by atoms with Crippen LogP contribution in [0.15, 0.2) is 36.4 Å². The van der Waals surface area contributed by atoms with Crippen LogP contribution >= 0.6 is 0 Å². The van der Waals surface area contributed by atoms with E-state index in [1.165, 1.54) is 12.1 Å². The molecule has 1 N–H and O–H groups in total. The van der Waals surface area contributed by atoms with Crippen LogP contribution in [0.4, 0.5) is 4.39 Å². The third kappa shape index (κ3) is 2.40. The number of fused-ring (bicyclic) bond motifs is 1. The number of amides is 2. The largest absolute Gasteiger partial charge is 0.360 e. The molecule has 1 aromatic carbocycles. The van der Waals surface area contributed by atoms with Crippen LogP contribution in [-0.2, 0) is 19.9 Å². The third-order valence-corrected chi connectivity index (χ3v) is 7.08. The quantitative estimate of drug-likeness (QED) is 0.812. The zero-order valence-corrected chi connectivity index (χ0v) is 16.0. The summed E-state index contributed by atoms with van der Waals surface area (Å²) in [5.74, 6) is -1.36. The monoisotopic (exact) mass is 384 g/mol. The number of ether oxygens (including phenoxy) is 1. The Hall–Kier alpha value is -2.21. The van der Waals surface area contributed by atoms with E-state index in [1.807, 2.05) is 19.1 Å². The first-order valence-corrected chi connectivity index (χ1v) is 10.2. The average molecular weight is 384 g/mol. The van der Waals surface area contributed by atoms with E-state index in [0.717, 1.165) is 31.2 Å². The molecule has 2 amide bonds. The number of likely N-dealkylation sites (N-methyl/N-ethyl adjacent to an activating group) is 1. The molecule has 3 fully saturated rings. The van der Waals surface area contributed by atoms with E-state index < -0.39 is 23.0 Å². The molecule has 28 heavy (non-hydrogen) atoms. The van der Waals surface area contributed by atoms with E-state index >= 15 is 0 Å². The zero-order chi connectivity index (χ0) is 19.5. The SMILES string of the molecule is CCN1C[C@@]23C=C[C@@H](O2)[C@@H](C(=O)NC2(c4ccc(F)cc4)CCCC2)[C@H]3C1=O. The summed E-state index contributed by atoms with van der Waals surface area (Å²) in [6.45, 7) is 3.09. The number of carbonyl (C=O) groups excluding carboxylic acids is 2. The van der Waals surface area contributed by atoms with Crippen molar-refractivity contribution >= 4 is 11.8 Å². The van der Waals surface area contributed by atoms with E-state index in [1.54, 1.807) is 17.0 Å². The van der Waals surface area contributed by atoms with Crippen molar-refractivity contribution in [3.05, 3.63) is 47.8 Å². The normalized spacial score (nSPS) is 34.9. The lowest BCUT2D eigenvalue weighted by Crippen LogP contribution is -2.51. The first kappa shape index (κ1) is 17.9. The minimum absolute atomic E-state index is 0.0109. The zero-order valence-electron chi connectivity index (χ0n) is 16.0. The first-order chi connectivity index (χ1) is 13.5. The van der Waals surface area contributed by atoms with E-state index in [4.69, 9.17) is 4.74 Å². The summed E-state index contributed by atoms with van der Waals surface area (Å²) in [5.41, 5.74) is -0.212. The van der Waals surface area contributed by atoms with Crippen LogP contribution in [0, 0.1) is 17.7 Å². The number of carbonyl (C=O) groups is 2. The summed E-state index contributed by atoms with van der Waals surface area (Å²) in [7, 11) is 0. The summed E-state index contributed by atoms with van der Waals surface area (Å²) in [6.07, 6.45) is 7.24. The number of nitrogens with zero attached hydrogens (tertiary/aromatic N) is 1. The highest BCUT2D eigenvalue weighted by Crippen LogP contribution is 2.52. The maximum atomic E-state index is 13.4. The molecule has 1 aliphatic carbocycles. The lowest BCUT2D eigenvalue weighted by Gasteiger charge is -2.34. The molecule has 0 aromatic heterocycles. The molecular formula is C22H25FN2O3. The standard InChI is InChI=1S/C22H25FN2O3/c1-2-25-13-22-12-9-16(28-22)17(18(22)20(25)27)19(26)24-21(10-3-4-11-21)14-5-7-15(23)8-6-14/h5-9,12,16-18H,2-4,10-11,13H2,1H3,(H,24,26)/t16-,17-,18+,22-/m1/s1. The highest BCUT2D eigenvalue weighted by Gasteiger charge is 2.66. The van der Waals surface area contributed by atoms with Crippen molar-refractivity contribution in [2.45, 2.75) is 49.9 Å². The summed E-state index contributed by atoms with van der Waals surface area (Å²) in [6, 6.07) is 6.41. The van der Waals surface area contributed by atoms with Crippen LogP contribution in [0.2, 0.25) is 0 Å². The predicted molar refractivity (Wildman–Crippen MR) is 101 cm³/mol. The minimum Gasteiger partial charge on any atom is -0.360 e. The van der Waals surface area contributed by atoms with Gasteiger partial charge < -0.3 is 15.0 Å². The molecule has 2 saturated heterocycles. The van der Waals surface area contributed by atoms with Crippen LogP contribution in [0.3, 0.4) is 0 Å². The fourth-order valence-electron chi connectivity index (χ4n) is 5.70. The van der Waals surface area contributed by atoms with Crippen LogP contribution in [-0.4, -0.2) is 41.5 Å². The Morgan fingerprint density at radius 3 is 2.68 bits per heavy atom. The number of hydrogen-bond acceptors (Lipinski definition) is 3. The Kier molecular flexibility index (Phi) is 3.92. The molecule has 3 heterocycles. The van der Waals surface area contributed by atoms with Crippen molar-refractivity contribution in [1.29, 1.82) is 0 Å². The Morgan fingerprint density at radius 2 is 2.00 bits per heavy atom. The van der Waals surface area contributed by atoms with Crippen molar-refractivity contribution in [2.75, 3.05) is 13.1 Å². The molecule has 4 atom stereocenters. The van der Waals surface area contributed by atoms with Gasteiger partial charge >= 0.3 is 0 Å². The summed E-state index contributed by atoms with van der Waals surface area (Å²) in [5, 5.41) is 3.27. The fraction of sp³-hybridized carbons (Fsp3) is 0.545. The smallest absolute Gasteiger partial charge is 0.230 e. The van der Waals surface area contributed by atoms with Crippen molar-refractivity contribution in [2.24, 2.45) is 11.8 Å². The number of hydrogen-bond donors (Lipinski definition) is 1. The molecular weight excluding hydrogens is 359 g/mol. The van der Waals surface area contributed by atoms with Gasteiger partial charge in [-0.05, 0) is 37.5 Å². The lowest BCUT2D eigenvalue weighted by atomic mass is 9.76. The van der Waals surface area contributed by atoms with Gasteiger partial charge in [-0.2, -0.15) is 0 Å². The number of benzene rings is 1. The summed E-state index contributed by atoms with van der Waals surface area (Å²) < 4.78 is 19.6. The first-order valence-electron chi connectivity index (χ1n) is 10.2. The molecule has 148 valence electrons. The highest BCUT2D eigenvalue weighted by atomic mass is 19.1. The van der Waals surface area contributed by atoms with Crippen molar-refractivity contribution in [3.63, 3.8) is 0 Å².